The average Bonchev–Trinajstić information content (AvgIpc) is 3.07. The van der Waals surface area contributed by atoms with Gasteiger partial charge in [0.15, 0.2) is 0 Å². The maximum atomic E-state index is 12.3. The molecule has 1 amide bonds. The molecule has 0 radical (unpaired) electrons. The van der Waals surface area contributed by atoms with Gasteiger partial charge >= 0.3 is 0 Å². The molecule has 0 spiro atoms. The Balaban J connectivity index is 1.44. The number of pyridine rings is 1. The van der Waals surface area contributed by atoms with Gasteiger partial charge in [-0.2, -0.15) is 0 Å². The van der Waals surface area contributed by atoms with E-state index >= 15 is 0 Å². The number of carbonyl (C=O) groups is 1. The van der Waals surface area contributed by atoms with Gasteiger partial charge in [-0.25, -0.2) is 4.98 Å². The Morgan fingerprint density at radius 2 is 2.14 bits per heavy atom. The van der Waals surface area contributed by atoms with Crippen molar-refractivity contribution in [3.8, 4) is 0 Å². The van der Waals surface area contributed by atoms with Crippen LogP contribution in [0.1, 0.15) is 25.7 Å². The van der Waals surface area contributed by atoms with Crippen molar-refractivity contribution in [2.75, 3.05) is 37.7 Å². The average molecular weight is 368 g/mol. The van der Waals surface area contributed by atoms with Crippen LogP contribution in [0, 0.1) is 0 Å². The number of hydrogen-bond donors (Lipinski definition) is 0. The Labute approximate surface area is 139 Å². The van der Waals surface area contributed by atoms with Crippen LogP contribution in [0.25, 0.3) is 0 Å². The summed E-state index contributed by atoms with van der Waals surface area (Å²) in [5, 5.41) is 0. The topological polar surface area (TPSA) is 45.7 Å². The maximum absolute atomic E-state index is 12.3. The molecular formula is C16H22BrN3O2. The van der Waals surface area contributed by atoms with Gasteiger partial charge in [-0.3, -0.25) is 4.79 Å². The second-order valence-electron chi connectivity index (χ2n) is 5.88. The summed E-state index contributed by atoms with van der Waals surface area (Å²) in [5.74, 6) is 1.24. The summed E-state index contributed by atoms with van der Waals surface area (Å²) in [7, 11) is 0. The fraction of sp³-hybridized carbons (Fsp3) is 0.625. The molecule has 0 aromatic carbocycles. The zero-order valence-corrected chi connectivity index (χ0v) is 14.3. The van der Waals surface area contributed by atoms with Crippen molar-refractivity contribution in [1.82, 2.24) is 9.88 Å². The molecule has 6 heteroatoms. The summed E-state index contributed by atoms with van der Waals surface area (Å²) in [6.45, 7) is 4.11. The number of aromatic nitrogens is 1. The molecule has 5 nitrogen and oxygen atoms in total. The second kappa shape index (κ2) is 7.42. The Morgan fingerprint density at radius 1 is 1.32 bits per heavy atom. The molecule has 3 rings (SSSR count). The van der Waals surface area contributed by atoms with Crippen LogP contribution >= 0.6 is 15.9 Å². The Bertz CT molecular complexity index is 495. The van der Waals surface area contributed by atoms with E-state index in [4.69, 9.17) is 4.74 Å². The van der Waals surface area contributed by atoms with Gasteiger partial charge in [0.1, 0.15) is 5.82 Å². The summed E-state index contributed by atoms with van der Waals surface area (Å²) >= 11 is 3.40. The van der Waals surface area contributed by atoms with Crippen LogP contribution in [0.2, 0.25) is 0 Å². The lowest BCUT2D eigenvalue weighted by Gasteiger charge is -2.35. The minimum Gasteiger partial charge on any atom is -0.378 e. The molecular weight excluding hydrogens is 346 g/mol. The molecule has 0 aliphatic carbocycles. The number of ether oxygens (including phenoxy) is 1. The Morgan fingerprint density at radius 3 is 2.77 bits per heavy atom. The van der Waals surface area contributed by atoms with Gasteiger partial charge in [-0.15, -0.1) is 0 Å². The number of hydrogen-bond acceptors (Lipinski definition) is 4. The molecule has 0 bridgehead atoms. The van der Waals surface area contributed by atoms with Crippen LogP contribution < -0.4 is 4.90 Å². The van der Waals surface area contributed by atoms with Crippen molar-refractivity contribution in [2.24, 2.45) is 0 Å². The highest BCUT2D eigenvalue weighted by Gasteiger charge is 2.23. The first-order valence-corrected chi connectivity index (χ1v) is 8.77. The molecule has 2 aliphatic heterocycles. The molecule has 1 atom stereocenters. The molecule has 3 heterocycles. The number of nitrogens with zero attached hydrogens (tertiary/aromatic N) is 3. The SMILES string of the molecule is O=C(CCC1CCCO1)N1CCN(c2ccc(Br)cn2)CC1. The number of piperazine rings is 1. The minimum atomic E-state index is 0.263. The van der Waals surface area contributed by atoms with Crippen molar-refractivity contribution in [2.45, 2.75) is 31.8 Å². The third-order valence-electron chi connectivity index (χ3n) is 4.37. The molecule has 1 unspecified atom stereocenters. The van der Waals surface area contributed by atoms with Crippen molar-refractivity contribution in [3.63, 3.8) is 0 Å². The van der Waals surface area contributed by atoms with E-state index in [1.807, 2.05) is 23.2 Å². The summed E-state index contributed by atoms with van der Waals surface area (Å²) < 4.78 is 6.57. The largest absolute Gasteiger partial charge is 0.378 e. The van der Waals surface area contributed by atoms with Crippen LogP contribution in [0.3, 0.4) is 0 Å². The molecule has 22 heavy (non-hydrogen) atoms. The predicted octanol–water partition coefficient (Wildman–Crippen LogP) is 2.45. The molecule has 0 saturated carbocycles. The molecule has 2 fully saturated rings. The first-order chi connectivity index (χ1) is 10.7. The van der Waals surface area contributed by atoms with E-state index in [9.17, 15) is 4.79 Å². The third-order valence-corrected chi connectivity index (χ3v) is 4.84. The van der Waals surface area contributed by atoms with Crippen molar-refractivity contribution < 1.29 is 9.53 Å². The summed E-state index contributed by atoms with van der Waals surface area (Å²) in [6.07, 6.45) is 5.84. The quantitative estimate of drug-likeness (QED) is 0.819. The first kappa shape index (κ1) is 15.7. The minimum absolute atomic E-state index is 0.263. The lowest BCUT2D eigenvalue weighted by molar-refractivity contribution is -0.132. The van der Waals surface area contributed by atoms with Gasteiger partial charge in [0, 0.05) is 49.9 Å². The molecule has 2 aliphatic rings. The molecule has 120 valence electrons. The van der Waals surface area contributed by atoms with Crippen LogP contribution in [-0.2, 0) is 9.53 Å². The monoisotopic (exact) mass is 367 g/mol. The third kappa shape index (κ3) is 3.98. The van der Waals surface area contributed by atoms with E-state index in [1.165, 1.54) is 0 Å². The van der Waals surface area contributed by atoms with E-state index in [0.717, 1.165) is 62.3 Å². The maximum Gasteiger partial charge on any atom is 0.222 e. The van der Waals surface area contributed by atoms with Gasteiger partial charge in [-0.1, -0.05) is 0 Å². The van der Waals surface area contributed by atoms with E-state index in [1.54, 1.807) is 0 Å². The first-order valence-electron chi connectivity index (χ1n) is 7.98. The van der Waals surface area contributed by atoms with Gasteiger partial charge < -0.3 is 14.5 Å². The van der Waals surface area contributed by atoms with E-state index < -0.39 is 0 Å². The number of rotatable bonds is 4. The van der Waals surface area contributed by atoms with Crippen molar-refractivity contribution in [1.29, 1.82) is 0 Å². The predicted molar refractivity (Wildman–Crippen MR) is 88.9 cm³/mol. The number of anilines is 1. The summed E-state index contributed by atoms with van der Waals surface area (Å²) in [4.78, 5) is 20.9. The zero-order chi connectivity index (χ0) is 15.4. The zero-order valence-electron chi connectivity index (χ0n) is 12.7. The number of halogens is 1. The highest BCUT2D eigenvalue weighted by molar-refractivity contribution is 9.10. The lowest BCUT2D eigenvalue weighted by atomic mass is 10.1. The van der Waals surface area contributed by atoms with Crippen LogP contribution in [0.15, 0.2) is 22.8 Å². The Kier molecular flexibility index (Phi) is 5.31. The lowest BCUT2D eigenvalue weighted by Crippen LogP contribution is -2.49. The van der Waals surface area contributed by atoms with E-state index in [0.29, 0.717) is 12.5 Å². The normalized spacial score (nSPS) is 22.1. The van der Waals surface area contributed by atoms with E-state index in [-0.39, 0.29) is 5.91 Å². The smallest absolute Gasteiger partial charge is 0.222 e. The molecule has 2 saturated heterocycles. The number of amides is 1. The number of carbonyl (C=O) groups excluding carboxylic acids is 1. The van der Waals surface area contributed by atoms with Crippen LogP contribution in [0.4, 0.5) is 5.82 Å². The standard InChI is InChI=1S/C16H22BrN3O2/c17-13-3-5-15(18-12-13)19-7-9-20(10-8-19)16(21)6-4-14-2-1-11-22-14/h3,5,12,14H,1-2,4,6-11H2. The van der Waals surface area contributed by atoms with Crippen LogP contribution in [-0.4, -0.2) is 54.7 Å². The Hall–Kier alpha value is -1.14. The van der Waals surface area contributed by atoms with Gasteiger partial charge in [0.2, 0.25) is 5.91 Å². The summed E-state index contributed by atoms with van der Waals surface area (Å²) in [6, 6.07) is 4.01. The fourth-order valence-corrected chi connectivity index (χ4v) is 3.29. The molecule has 1 aromatic rings. The molecule has 1 aromatic heterocycles. The molecule has 0 N–H and O–H groups in total. The van der Waals surface area contributed by atoms with Gasteiger partial charge in [0.05, 0.1) is 6.10 Å². The van der Waals surface area contributed by atoms with Crippen LogP contribution in [0.5, 0.6) is 0 Å². The highest BCUT2D eigenvalue weighted by atomic mass is 79.9. The summed E-state index contributed by atoms with van der Waals surface area (Å²) in [5.41, 5.74) is 0. The second-order valence-corrected chi connectivity index (χ2v) is 6.79. The van der Waals surface area contributed by atoms with Crippen molar-refractivity contribution in [3.05, 3.63) is 22.8 Å². The van der Waals surface area contributed by atoms with Crippen molar-refractivity contribution >= 4 is 27.7 Å². The fourth-order valence-electron chi connectivity index (χ4n) is 3.05. The van der Waals surface area contributed by atoms with Gasteiger partial charge in [-0.05, 0) is 47.3 Å². The van der Waals surface area contributed by atoms with E-state index in [2.05, 4.69) is 25.8 Å². The van der Waals surface area contributed by atoms with Gasteiger partial charge in [0.25, 0.3) is 0 Å². The highest BCUT2D eigenvalue weighted by Crippen LogP contribution is 2.19.